The molecule has 0 aliphatic carbocycles. The number of hydrogen-bond donors (Lipinski definition) is 1. The predicted molar refractivity (Wildman–Crippen MR) is 91.6 cm³/mol. The minimum Gasteiger partial charge on any atom is -0.383 e. The third-order valence-electron chi connectivity index (χ3n) is 3.16. The molecule has 1 heterocycles. The number of likely N-dealkylation sites (N-methyl/N-ethyl adjacent to an activating group) is 1. The molecular formula is C13H29IN4O. The molecule has 0 aromatic carbocycles. The van der Waals surface area contributed by atoms with E-state index in [4.69, 9.17) is 9.73 Å². The van der Waals surface area contributed by atoms with Crippen molar-refractivity contribution in [1.29, 1.82) is 0 Å². The number of methoxy groups -OCH3 is 1. The zero-order valence-corrected chi connectivity index (χ0v) is 14.9. The van der Waals surface area contributed by atoms with Gasteiger partial charge in [0, 0.05) is 39.8 Å². The number of likely N-dealkylation sites (tertiary alicyclic amines) is 1. The Hall–Kier alpha value is -0.0800. The summed E-state index contributed by atoms with van der Waals surface area (Å²) in [5.74, 6) is 1.08. The number of nitrogens with one attached hydrogen (secondary N) is 1. The van der Waals surface area contributed by atoms with Gasteiger partial charge in [0.15, 0.2) is 5.96 Å². The highest BCUT2D eigenvalue weighted by Crippen LogP contribution is 2.07. The van der Waals surface area contributed by atoms with Crippen LogP contribution in [0, 0.1) is 0 Å². The Labute approximate surface area is 134 Å². The second-order valence-corrected chi connectivity index (χ2v) is 4.73. The number of ether oxygens (including phenoxy) is 1. The fourth-order valence-corrected chi connectivity index (χ4v) is 2.04. The number of aliphatic imine (C=N–C) groups is 1. The highest BCUT2D eigenvalue weighted by Gasteiger charge is 2.15. The van der Waals surface area contributed by atoms with Crippen LogP contribution >= 0.6 is 24.0 Å². The smallest absolute Gasteiger partial charge is 0.193 e. The van der Waals surface area contributed by atoms with Gasteiger partial charge in [-0.2, -0.15) is 0 Å². The van der Waals surface area contributed by atoms with Crippen LogP contribution in [-0.4, -0.2) is 75.8 Å². The molecule has 0 spiro atoms. The van der Waals surface area contributed by atoms with E-state index in [2.05, 4.69) is 29.1 Å². The first kappa shape index (κ1) is 18.9. The summed E-state index contributed by atoms with van der Waals surface area (Å²) in [4.78, 5) is 9.30. The molecule has 6 heteroatoms. The molecule has 0 saturated carbocycles. The van der Waals surface area contributed by atoms with Crippen molar-refractivity contribution in [3.05, 3.63) is 0 Å². The molecule has 1 rings (SSSR count). The minimum atomic E-state index is 0. The van der Waals surface area contributed by atoms with Gasteiger partial charge in [0.05, 0.1) is 13.2 Å². The van der Waals surface area contributed by atoms with Gasteiger partial charge < -0.3 is 19.9 Å². The molecule has 1 aliphatic heterocycles. The monoisotopic (exact) mass is 384 g/mol. The Balaban J connectivity index is 0.00000324. The van der Waals surface area contributed by atoms with Crippen LogP contribution in [0.1, 0.15) is 19.8 Å². The van der Waals surface area contributed by atoms with Crippen LogP contribution in [-0.2, 0) is 4.74 Å². The zero-order valence-electron chi connectivity index (χ0n) is 12.5. The van der Waals surface area contributed by atoms with E-state index in [-0.39, 0.29) is 24.0 Å². The molecule has 0 aromatic heterocycles. The van der Waals surface area contributed by atoms with Crippen molar-refractivity contribution >= 4 is 29.9 Å². The molecule has 5 nitrogen and oxygen atoms in total. The van der Waals surface area contributed by atoms with Crippen molar-refractivity contribution in [3.63, 3.8) is 0 Å². The van der Waals surface area contributed by atoms with Gasteiger partial charge in [-0.1, -0.05) is 0 Å². The average Bonchev–Trinajstić information content (AvgIpc) is 2.89. The number of hydrogen-bond acceptors (Lipinski definition) is 3. The van der Waals surface area contributed by atoms with E-state index in [1.807, 2.05) is 0 Å². The summed E-state index contributed by atoms with van der Waals surface area (Å²) in [6.07, 6.45) is 2.58. The van der Waals surface area contributed by atoms with E-state index in [0.29, 0.717) is 0 Å². The molecule has 1 aliphatic rings. The van der Waals surface area contributed by atoms with E-state index in [9.17, 15) is 0 Å². The second-order valence-electron chi connectivity index (χ2n) is 4.73. The van der Waals surface area contributed by atoms with Crippen molar-refractivity contribution in [1.82, 2.24) is 15.1 Å². The van der Waals surface area contributed by atoms with Crippen molar-refractivity contribution < 1.29 is 4.74 Å². The first-order valence-electron chi connectivity index (χ1n) is 6.98. The summed E-state index contributed by atoms with van der Waals surface area (Å²) in [6.45, 7) is 8.92. The third-order valence-corrected chi connectivity index (χ3v) is 3.16. The predicted octanol–water partition coefficient (Wildman–Crippen LogP) is 1.24. The summed E-state index contributed by atoms with van der Waals surface area (Å²) in [5.41, 5.74) is 0. The van der Waals surface area contributed by atoms with Crippen molar-refractivity contribution in [2.75, 3.05) is 60.0 Å². The van der Waals surface area contributed by atoms with E-state index in [0.717, 1.165) is 51.8 Å². The molecule has 114 valence electrons. The van der Waals surface area contributed by atoms with Gasteiger partial charge in [0.1, 0.15) is 0 Å². The molecule has 1 fully saturated rings. The Bertz CT molecular complexity index is 245. The van der Waals surface area contributed by atoms with Gasteiger partial charge in [-0.25, -0.2) is 0 Å². The molecule has 0 unspecified atom stereocenters. The Morgan fingerprint density at radius 3 is 2.58 bits per heavy atom. The Morgan fingerprint density at radius 2 is 2.00 bits per heavy atom. The summed E-state index contributed by atoms with van der Waals surface area (Å²) in [7, 11) is 3.85. The topological polar surface area (TPSA) is 40.1 Å². The maximum absolute atomic E-state index is 5.06. The molecule has 0 amide bonds. The van der Waals surface area contributed by atoms with Crippen LogP contribution in [0.15, 0.2) is 4.99 Å². The number of rotatable bonds is 7. The van der Waals surface area contributed by atoms with Gasteiger partial charge in [0.25, 0.3) is 0 Å². The fraction of sp³-hybridized carbons (Fsp3) is 0.923. The first-order valence-corrected chi connectivity index (χ1v) is 6.98. The molecule has 0 aromatic rings. The van der Waals surface area contributed by atoms with Gasteiger partial charge in [0.2, 0.25) is 0 Å². The standard InChI is InChI=1S/C13H28N4O.HI/c1-4-14-13(17-8-5-6-9-17)15-7-10-16(2)11-12-18-3;/h4-12H2,1-3H3,(H,14,15);1H. The van der Waals surface area contributed by atoms with Crippen LogP contribution in [0.25, 0.3) is 0 Å². The van der Waals surface area contributed by atoms with E-state index >= 15 is 0 Å². The number of halogens is 1. The molecule has 19 heavy (non-hydrogen) atoms. The second kappa shape index (κ2) is 11.7. The van der Waals surface area contributed by atoms with Crippen molar-refractivity contribution in [2.45, 2.75) is 19.8 Å². The van der Waals surface area contributed by atoms with Gasteiger partial charge >= 0.3 is 0 Å². The lowest BCUT2D eigenvalue weighted by Gasteiger charge is -2.21. The molecular weight excluding hydrogens is 355 g/mol. The van der Waals surface area contributed by atoms with Crippen LogP contribution in [0.5, 0.6) is 0 Å². The van der Waals surface area contributed by atoms with E-state index in [1.54, 1.807) is 7.11 Å². The van der Waals surface area contributed by atoms with Crippen LogP contribution < -0.4 is 5.32 Å². The summed E-state index contributed by atoms with van der Waals surface area (Å²) in [6, 6.07) is 0. The molecule has 0 radical (unpaired) electrons. The van der Waals surface area contributed by atoms with Crippen molar-refractivity contribution in [3.8, 4) is 0 Å². The lowest BCUT2D eigenvalue weighted by atomic mass is 10.4. The lowest BCUT2D eigenvalue weighted by Crippen LogP contribution is -2.40. The highest BCUT2D eigenvalue weighted by molar-refractivity contribution is 14.0. The zero-order chi connectivity index (χ0) is 13.2. The van der Waals surface area contributed by atoms with E-state index in [1.165, 1.54) is 12.8 Å². The summed E-state index contributed by atoms with van der Waals surface area (Å²) < 4.78 is 5.06. The minimum absolute atomic E-state index is 0. The largest absolute Gasteiger partial charge is 0.383 e. The van der Waals surface area contributed by atoms with Gasteiger partial charge in [-0.15, -0.1) is 24.0 Å². The Kier molecular flexibility index (Phi) is 11.7. The average molecular weight is 384 g/mol. The SMILES string of the molecule is CCNC(=NCCN(C)CCOC)N1CCCC1.I. The van der Waals surface area contributed by atoms with Crippen molar-refractivity contribution in [2.24, 2.45) is 4.99 Å². The summed E-state index contributed by atoms with van der Waals surface area (Å²) >= 11 is 0. The van der Waals surface area contributed by atoms with Gasteiger partial charge in [-0.3, -0.25) is 4.99 Å². The highest BCUT2D eigenvalue weighted by atomic mass is 127. The Morgan fingerprint density at radius 1 is 1.32 bits per heavy atom. The first-order chi connectivity index (χ1) is 8.77. The van der Waals surface area contributed by atoms with Crippen LogP contribution in [0.4, 0.5) is 0 Å². The van der Waals surface area contributed by atoms with Crippen LogP contribution in [0.3, 0.4) is 0 Å². The maximum atomic E-state index is 5.06. The van der Waals surface area contributed by atoms with Crippen LogP contribution in [0.2, 0.25) is 0 Å². The maximum Gasteiger partial charge on any atom is 0.193 e. The molecule has 1 saturated heterocycles. The normalized spacial score (nSPS) is 15.8. The quantitative estimate of drug-likeness (QED) is 0.408. The number of nitrogens with zero attached hydrogens (tertiary/aromatic N) is 3. The summed E-state index contributed by atoms with van der Waals surface area (Å²) in [5, 5.41) is 3.37. The molecule has 1 N–H and O–H groups in total. The lowest BCUT2D eigenvalue weighted by molar-refractivity contribution is 0.163. The molecule has 0 bridgehead atoms. The number of guanidine groups is 1. The van der Waals surface area contributed by atoms with Gasteiger partial charge in [-0.05, 0) is 26.8 Å². The third kappa shape index (κ3) is 7.94. The van der Waals surface area contributed by atoms with E-state index < -0.39 is 0 Å². The molecule has 0 atom stereocenters. The fourth-order valence-electron chi connectivity index (χ4n) is 2.04.